The Morgan fingerprint density at radius 1 is 1.35 bits per heavy atom. The van der Waals surface area contributed by atoms with Crippen LogP contribution in [0, 0.1) is 0 Å². The summed E-state index contributed by atoms with van der Waals surface area (Å²) in [7, 11) is 0. The highest BCUT2D eigenvalue weighted by Gasteiger charge is 2.19. The molecule has 1 atom stereocenters. The van der Waals surface area contributed by atoms with Crippen molar-refractivity contribution in [3.63, 3.8) is 0 Å². The molecule has 0 amide bonds. The average Bonchev–Trinajstić information content (AvgIpc) is 2.49. The summed E-state index contributed by atoms with van der Waals surface area (Å²) in [6.45, 7) is 5.70. The Hall–Kier alpha value is -1.13. The van der Waals surface area contributed by atoms with E-state index < -0.39 is 0 Å². The molecular formula is C16H20BrN3. The minimum absolute atomic E-state index is 0.501. The van der Waals surface area contributed by atoms with Gasteiger partial charge in [-0.1, -0.05) is 35.0 Å². The molecule has 0 radical (unpaired) electrons. The van der Waals surface area contributed by atoms with Crippen molar-refractivity contribution >= 4 is 32.5 Å². The van der Waals surface area contributed by atoms with Gasteiger partial charge in [0.05, 0.1) is 0 Å². The van der Waals surface area contributed by atoms with E-state index in [-0.39, 0.29) is 0 Å². The Kier molecular flexibility index (Phi) is 4.22. The first-order chi connectivity index (χ1) is 9.78. The van der Waals surface area contributed by atoms with Gasteiger partial charge in [-0.15, -0.1) is 0 Å². The maximum atomic E-state index is 4.54. The maximum Gasteiger partial charge on any atom is 0.134 e. The molecule has 1 aromatic heterocycles. The molecule has 3 rings (SSSR count). The van der Waals surface area contributed by atoms with Crippen LogP contribution in [-0.4, -0.2) is 35.6 Å². The number of aromatic nitrogens is 1. The molecule has 0 aliphatic carbocycles. The summed E-state index contributed by atoms with van der Waals surface area (Å²) in [5.74, 6) is 1.01. The van der Waals surface area contributed by atoms with Crippen LogP contribution in [0.1, 0.15) is 19.8 Å². The summed E-state index contributed by atoms with van der Waals surface area (Å²) >= 11 is 3.61. The lowest BCUT2D eigenvalue weighted by Gasteiger charge is -2.32. The number of rotatable bonds is 3. The fourth-order valence-corrected chi connectivity index (χ4v) is 3.44. The molecule has 1 fully saturated rings. The molecule has 0 spiro atoms. The predicted octanol–water partition coefficient (Wildman–Crippen LogP) is 3.89. The maximum absolute atomic E-state index is 4.54. The van der Waals surface area contributed by atoms with Gasteiger partial charge in [-0.3, -0.25) is 0 Å². The molecule has 1 N–H and O–H groups in total. The number of nitrogens with one attached hydrogen (secondary N) is 1. The Morgan fingerprint density at radius 2 is 2.25 bits per heavy atom. The Bertz CT molecular complexity index is 599. The first-order valence-corrected chi connectivity index (χ1v) is 8.09. The van der Waals surface area contributed by atoms with Crippen LogP contribution in [0.2, 0.25) is 0 Å². The monoisotopic (exact) mass is 333 g/mol. The molecule has 2 heterocycles. The number of fused-ring (bicyclic) bond motifs is 1. The lowest BCUT2D eigenvalue weighted by atomic mass is 10.1. The minimum Gasteiger partial charge on any atom is -0.366 e. The molecule has 1 saturated heterocycles. The zero-order valence-corrected chi connectivity index (χ0v) is 13.4. The zero-order chi connectivity index (χ0) is 13.9. The highest BCUT2D eigenvalue weighted by molar-refractivity contribution is 9.10. The number of hydrogen-bond acceptors (Lipinski definition) is 3. The van der Waals surface area contributed by atoms with Crippen LogP contribution in [0.5, 0.6) is 0 Å². The van der Waals surface area contributed by atoms with Gasteiger partial charge < -0.3 is 10.2 Å². The summed E-state index contributed by atoms with van der Waals surface area (Å²) in [5.41, 5.74) is 0. The van der Waals surface area contributed by atoms with Gasteiger partial charge in [-0.2, -0.15) is 0 Å². The number of likely N-dealkylation sites (tertiary alicyclic amines) is 1. The van der Waals surface area contributed by atoms with E-state index in [0.29, 0.717) is 6.04 Å². The smallest absolute Gasteiger partial charge is 0.134 e. The Labute approximate surface area is 128 Å². The molecule has 1 aliphatic rings. The lowest BCUT2D eigenvalue weighted by molar-refractivity contribution is 0.226. The number of halogens is 1. The van der Waals surface area contributed by atoms with Crippen LogP contribution in [0.3, 0.4) is 0 Å². The van der Waals surface area contributed by atoms with Gasteiger partial charge in [0.25, 0.3) is 0 Å². The molecule has 1 aromatic carbocycles. The van der Waals surface area contributed by atoms with E-state index >= 15 is 0 Å². The molecule has 106 valence electrons. The first kappa shape index (κ1) is 13.8. The van der Waals surface area contributed by atoms with Crippen molar-refractivity contribution in [3.05, 3.63) is 34.9 Å². The van der Waals surface area contributed by atoms with Crippen LogP contribution < -0.4 is 5.32 Å². The van der Waals surface area contributed by atoms with Gasteiger partial charge in [0, 0.05) is 34.0 Å². The van der Waals surface area contributed by atoms with E-state index in [2.05, 4.69) is 62.3 Å². The van der Waals surface area contributed by atoms with Crippen LogP contribution >= 0.6 is 15.9 Å². The third kappa shape index (κ3) is 2.81. The van der Waals surface area contributed by atoms with Crippen molar-refractivity contribution in [1.29, 1.82) is 0 Å². The van der Waals surface area contributed by atoms with Crippen molar-refractivity contribution in [2.45, 2.75) is 25.8 Å². The first-order valence-electron chi connectivity index (χ1n) is 7.30. The number of benzene rings is 1. The second-order valence-corrected chi connectivity index (χ2v) is 6.23. The van der Waals surface area contributed by atoms with Gasteiger partial charge in [0.15, 0.2) is 0 Å². The molecule has 1 aliphatic heterocycles. The third-order valence-electron chi connectivity index (χ3n) is 4.05. The highest BCUT2D eigenvalue weighted by atomic mass is 79.9. The molecule has 1 unspecified atom stereocenters. The fourth-order valence-electron chi connectivity index (χ4n) is 2.94. The zero-order valence-electron chi connectivity index (χ0n) is 11.8. The molecule has 20 heavy (non-hydrogen) atoms. The van der Waals surface area contributed by atoms with Gasteiger partial charge >= 0.3 is 0 Å². The second-order valence-electron chi connectivity index (χ2n) is 5.37. The SMILES string of the molecule is CCN1CCCC(Nc2nccc3c(Br)cccc23)C1. The van der Waals surface area contributed by atoms with Gasteiger partial charge in [-0.25, -0.2) is 4.98 Å². The third-order valence-corrected chi connectivity index (χ3v) is 4.74. The normalized spacial score (nSPS) is 20.2. The van der Waals surface area contributed by atoms with Crippen molar-refractivity contribution in [2.24, 2.45) is 0 Å². The lowest BCUT2D eigenvalue weighted by Crippen LogP contribution is -2.42. The quantitative estimate of drug-likeness (QED) is 0.923. The van der Waals surface area contributed by atoms with E-state index in [1.165, 1.54) is 30.2 Å². The number of likely N-dealkylation sites (N-methyl/N-ethyl adjacent to an activating group) is 1. The number of pyridine rings is 1. The predicted molar refractivity (Wildman–Crippen MR) is 88.2 cm³/mol. The number of nitrogens with zero attached hydrogens (tertiary/aromatic N) is 2. The highest BCUT2D eigenvalue weighted by Crippen LogP contribution is 2.28. The van der Waals surface area contributed by atoms with Crippen LogP contribution in [0.4, 0.5) is 5.82 Å². The molecule has 2 aromatic rings. The number of anilines is 1. The summed E-state index contributed by atoms with van der Waals surface area (Å²) in [4.78, 5) is 7.04. The summed E-state index contributed by atoms with van der Waals surface area (Å²) in [6.07, 6.45) is 4.37. The van der Waals surface area contributed by atoms with Crippen molar-refractivity contribution in [2.75, 3.05) is 25.0 Å². The van der Waals surface area contributed by atoms with Gasteiger partial charge in [0.1, 0.15) is 5.82 Å². The van der Waals surface area contributed by atoms with Gasteiger partial charge in [0.2, 0.25) is 0 Å². The fraction of sp³-hybridized carbons (Fsp3) is 0.438. The van der Waals surface area contributed by atoms with Crippen molar-refractivity contribution in [1.82, 2.24) is 9.88 Å². The van der Waals surface area contributed by atoms with Crippen LogP contribution in [0.15, 0.2) is 34.9 Å². The standard InChI is InChI=1S/C16H20BrN3/c1-2-20-10-4-5-12(11-20)19-16-14-6-3-7-15(17)13(14)8-9-18-16/h3,6-9,12H,2,4-5,10-11H2,1H3,(H,18,19). The summed E-state index contributed by atoms with van der Waals surface area (Å²) in [5, 5.41) is 6.05. The van der Waals surface area contributed by atoms with E-state index in [9.17, 15) is 0 Å². The minimum atomic E-state index is 0.501. The largest absolute Gasteiger partial charge is 0.366 e. The molecule has 4 heteroatoms. The van der Waals surface area contributed by atoms with E-state index in [1.807, 2.05) is 6.20 Å². The topological polar surface area (TPSA) is 28.2 Å². The van der Waals surface area contributed by atoms with Crippen LogP contribution in [0.25, 0.3) is 10.8 Å². The second kappa shape index (κ2) is 6.10. The molecule has 0 saturated carbocycles. The average molecular weight is 334 g/mol. The van der Waals surface area contributed by atoms with E-state index in [1.54, 1.807) is 0 Å². The summed E-state index contributed by atoms with van der Waals surface area (Å²) in [6, 6.07) is 8.84. The number of hydrogen-bond donors (Lipinski definition) is 1. The molecule has 0 bridgehead atoms. The van der Waals surface area contributed by atoms with Crippen LogP contribution in [-0.2, 0) is 0 Å². The van der Waals surface area contributed by atoms with Gasteiger partial charge in [-0.05, 0) is 38.1 Å². The van der Waals surface area contributed by atoms with E-state index in [4.69, 9.17) is 0 Å². The summed E-state index contributed by atoms with van der Waals surface area (Å²) < 4.78 is 1.12. The van der Waals surface area contributed by atoms with Crippen molar-refractivity contribution in [3.8, 4) is 0 Å². The van der Waals surface area contributed by atoms with E-state index in [0.717, 1.165) is 23.4 Å². The Morgan fingerprint density at radius 3 is 3.10 bits per heavy atom. The molecular weight excluding hydrogens is 314 g/mol. The Balaban J connectivity index is 1.86. The number of piperidine rings is 1. The van der Waals surface area contributed by atoms with Crippen molar-refractivity contribution < 1.29 is 0 Å². The molecule has 3 nitrogen and oxygen atoms in total.